The number of rotatable bonds is 3. The third-order valence-electron chi connectivity index (χ3n) is 4.58. The highest BCUT2D eigenvalue weighted by molar-refractivity contribution is 7.15. The van der Waals surface area contributed by atoms with E-state index in [1.54, 1.807) is 29.5 Å². The first-order valence-electron chi connectivity index (χ1n) is 8.41. The van der Waals surface area contributed by atoms with Crippen LogP contribution >= 0.6 is 11.3 Å². The van der Waals surface area contributed by atoms with Gasteiger partial charge in [-0.05, 0) is 43.4 Å². The Kier molecular flexibility index (Phi) is 4.24. The summed E-state index contributed by atoms with van der Waals surface area (Å²) in [4.78, 5) is 5.76. The van der Waals surface area contributed by atoms with Crippen molar-refractivity contribution in [3.8, 4) is 28.2 Å². The monoisotopic (exact) mass is 350 g/mol. The summed E-state index contributed by atoms with van der Waals surface area (Å²) in [5, 5.41) is 15.1. The van der Waals surface area contributed by atoms with Gasteiger partial charge in [0.2, 0.25) is 0 Å². The molecule has 2 aromatic heterocycles. The summed E-state index contributed by atoms with van der Waals surface area (Å²) in [6.45, 7) is 0. The highest BCUT2D eigenvalue weighted by Crippen LogP contribution is 2.37. The molecule has 0 aliphatic heterocycles. The van der Waals surface area contributed by atoms with Gasteiger partial charge in [0, 0.05) is 10.4 Å². The maximum absolute atomic E-state index is 9.77. The van der Waals surface area contributed by atoms with Gasteiger partial charge < -0.3 is 4.74 Å². The predicted molar refractivity (Wildman–Crippen MR) is 97.2 cm³/mol. The molecule has 1 aliphatic rings. The van der Waals surface area contributed by atoms with Gasteiger partial charge in [0.1, 0.15) is 23.1 Å². The summed E-state index contributed by atoms with van der Waals surface area (Å²) < 4.78 is 7.11. The van der Waals surface area contributed by atoms with Crippen molar-refractivity contribution in [3.63, 3.8) is 0 Å². The van der Waals surface area contributed by atoms with Crippen molar-refractivity contribution in [1.82, 2.24) is 14.8 Å². The Hall–Kier alpha value is -2.65. The molecule has 0 unspecified atom stereocenters. The van der Waals surface area contributed by atoms with E-state index in [9.17, 15) is 5.26 Å². The minimum atomic E-state index is 0.729. The Labute approximate surface area is 150 Å². The van der Waals surface area contributed by atoms with Crippen molar-refractivity contribution in [1.29, 1.82) is 5.26 Å². The van der Waals surface area contributed by atoms with Gasteiger partial charge in [0.15, 0.2) is 5.82 Å². The highest BCUT2D eigenvalue weighted by atomic mass is 32.1. The molecule has 0 radical (unpaired) electrons. The molecular formula is C19H18N4OS. The number of ether oxygens (including phenoxy) is 1. The number of nitrogens with zero attached hydrogens (tertiary/aromatic N) is 4. The number of aromatic nitrogens is 3. The average molecular weight is 350 g/mol. The quantitative estimate of drug-likeness (QED) is 0.666. The number of thiophene rings is 1. The van der Waals surface area contributed by atoms with E-state index < -0.39 is 0 Å². The lowest BCUT2D eigenvalue weighted by atomic mass is 10.1. The van der Waals surface area contributed by atoms with E-state index in [0.29, 0.717) is 0 Å². The molecule has 0 N–H and O–H groups in total. The van der Waals surface area contributed by atoms with Gasteiger partial charge in [-0.15, -0.1) is 11.3 Å². The normalized spacial score (nSPS) is 13.8. The van der Waals surface area contributed by atoms with Crippen molar-refractivity contribution in [2.45, 2.75) is 32.1 Å². The van der Waals surface area contributed by atoms with Crippen LogP contribution in [0, 0.1) is 11.3 Å². The molecule has 6 heteroatoms. The second-order valence-electron chi connectivity index (χ2n) is 6.08. The minimum absolute atomic E-state index is 0.729. The first-order chi connectivity index (χ1) is 12.3. The fourth-order valence-electron chi connectivity index (χ4n) is 3.34. The smallest absolute Gasteiger partial charge is 0.164 e. The zero-order valence-corrected chi connectivity index (χ0v) is 14.8. The largest absolute Gasteiger partial charge is 0.497 e. The number of fused-ring (bicyclic) bond motifs is 1. The zero-order chi connectivity index (χ0) is 17.2. The van der Waals surface area contributed by atoms with Crippen molar-refractivity contribution >= 4 is 11.3 Å². The topological polar surface area (TPSA) is 63.7 Å². The Morgan fingerprint density at radius 1 is 1.24 bits per heavy atom. The Balaban J connectivity index is 1.85. The Bertz CT molecular complexity index is 951. The fraction of sp³-hybridized carbons (Fsp3) is 0.316. The van der Waals surface area contributed by atoms with Crippen LogP contribution in [-0.2, 0) is 12.8 Å². The predicted octanol–water partition coefficient (Wildman–Crippen LogP) is 4.14. The van der Waals surface area contributed by atoms with Crippen LogP contribution in [0.5, 0.6) is 5.75 Å². The van der Waals surface area contributed by atoms with Crippen LogP contribution in [0.15, 0.2) is 30.6 Å². The molecule has 2 heterocycles. The van der Waals surface area contributed by atoms with Gasteiger partial charge in [-0.3, -0.25) is 0 Å². The van der Waals surface area contributed by atoms with Crippen molar-refractivity contribution in [2.75, 3.05) is 7.11 Å². The molecule has 5 nitrogen and oxygen atoms in total. The minimum Gasteiger partial charge on any atom is -0.497 e. The van der Waals surface area contributed by atoms with Crippen LogP contribution in [0.3, 0.4) is 0 Å². The van der Waals surface area contributed by atoms with E-state index in [2.05, 4.69) is 16.2 Å². The number of benzene rings is 1. The fourth-order valence-corrected chi connectivity index (χ4v) is 4.64. The molecule has 0 atom stereocenters. The lowest BCUT2D eigenvalue weighted by Crippen LogP contribution is -2.00. The van der Waals surface area contributed by atoms with E-state index in [4.69, 9.17) is 4.74 Å². The standard InChI is InChI=1S/C19H18N4OS/c1-24-14-7-5-6-13(10-14)18-21-12-22-23(18)19-16(11-20)15-8-3-2-4-9-17(15)25-19/h5-7,10,12H,2-4,8-9H2,1H3. The van der Waals surface area contributed by atoms with Gasteiger partial charge in [-0.2, -0.15) is 10.4 Å². The lowest BCUT2D eigenvalue weighted by molar-refractivity contribution is 0.415. The summed E-state index contributed by atoms with van der Waals surface area (Å²) in [6.07, 6.45) is 7.16. The van der Waals surface area contributed by atoms with E-state index in [0.717, 1.165) is 47.0 Å². The molecule has 0 amide bonds. The first-order valence-corrected chi connectivity index (χ1v) is 9.23. The van der Waals surface area contributed by atoms with E-state index >= 15 is 0 Å². The van der Waals surface area contributed by atoms with E-state index in [-0.39, 0.29) is 0 Å². The third-order valence-corrected chi connectivity index (χ3v) is 5.85. The molecule has 0 spiro atoms. The molecule has 4 rings (SSSR count). The second-order valence-corrected chi connectivity index (χ2v) is 7.17. The van der Waals surface area contributed by atoms with Crippen LogP contribution in [0.25, 0.3) is 16.4 Å². The molecule has 1 aromatic carbocycles. The number of methoxy groups -OCH3 is 1. The van der Waals surface area contributed by atoms with Crippen LogP contribution in [0.1, 0.15) is 35.3 Å². The molecule has 0 saturated carbocycles. The molecule has 0 saturated heterocycles. The number of hydrogen-bond acceptors (Lipinski definition) is 5. The van der Waals surface area contributed by atoms with E-state index in [1.807, 2.05) is 24.3 Å². The maximum Gasteiger partial charge on any atom is 0.164 e. The number of hydrogen-bond donors (Lipinski definition) is 0. The van der Waals surface area contributed by atoms with Crippen molar-refractivity contribution in [2.24, 2.45) is 0 Å². The molecule has 126 valence electrons. The van der Waals surface area contributed by atoms with E-state index in [1.165, 1.54) is 23.3 Å². The first kappa shape index (κ1) is 15.9. The zero-order valence-electron chi connectivity index (χ0n) is 14.0. The molecule has 1 aliphatic carbocycles. The summed E-state index contributed by atoms with van der Waals surface area (Å²) in [7, 11) is 1.65. The molecule has 0 bridgehead atoms. The highest BCUT2D eigenvalue weighted by Gasteiger charge is 2.23. The van der Waals surface area contributed by atoms with Gasteiger partial charge in [0.05, 0.1) is 12.7 Å². The van der Waals surface area contributed by atoms with Crippen LogP contribution in [0.4, 0.5) is 0 Å². The molecule has 25 heavy (non-hydrogen) atoms. The Morgan fingerprint density at radius 2 is 2.12 bits per heavy atom. The summed E-state index contributed by atoms with van der Waals surface area (Å²) in [5.74, 6) is 1.50. The number of aryl methyl sites for hydroxylation is 1. The van der Waals surface area contributed by atoms with Gasteiger partial charge in [-0.25, -0.2) is 9.67 Å². The summed E-state index contributed by atoms with van der Waals surface area (Å²) >= 11 is 1.68. The average Bonchev–Trinajstić information content (AvgIpc) is 3.20. The SMILES string of the molecule is COc1cccc(-c2ncnn2-c2sc3c(c2C#N)CCCCC3)c1. The van der Waals surface area contributed by atoms with Crippen molar-refractivity contribution in [3.05, 3.63) is 46.6 Å². The third kappa shape index (κ3) is 2.81. The molecule has 0 fully saturated rings. The second kappa shape index (κ2) is 6.69. The maximum atomic E-state index is 9.77. The van der Waals surface area contributed by atoms with Gasteiger partial charge in [-0.1, -0.05) is 18.6 Å². The van der Waals surface area contributed by atoms with Crippen LogP contribution in [0.2, 0.25) is 0 Å². The lowest BCUT2D eigenvalue weighted by Gasteiger charge is -2.06. The van der Waals surface area contributed by atoms with Gasteiger partial charge >= 0.3 is 0 Å². The van der Waals surface area contributed by atoms with Crippen LogP contribution in [-0.4, -0.2) is 21.9 Å². The number of nitriles is 1. The molecule has 3 aromatic rings. The van der Waals surface area contributed by atoms with Crippen molar-refractivity contribution < 1.29 is 4.74 Å². The Morgan fingerprint density at radius 3 is 2.96 bits per heavy atom. The summed E-state index contributed by atoms with van der Waals surface area (Å²) in [6, 6.07) is 10.2. The van der Waals surface area contributed by atoms with Gasteiger partial charge in [0.25, 0.3) is 0 Å². The van der Waals surface area contributed by atoms with Crippen LogP contribution < -0.4 is 4.74 Å². The molecular weight excluding hydrogens is 332 g/mol. The summed E-state index contributed by atoms with van der Waals surface area (Å²) in [5.41, 5.74) is 2.90.